The highest BCUT2D eigenvalue weighted by Crippen LogP contribution is 2.32. The van der Waals surface area contributed by atoms with Crippen molar-refractivity contribution in [2.75, 3.05) is 13.1 Å². The van der Waals surface area contributed by atoms with Gasteiger partial charge in [-0.15, -0.1) is 0 Å². The van der Waals surface area contributed by atoms with Crippen molar-refractivity contribution in [2.24, 2.45) is 11.7 Å². The number of alkyl halides is 3. The molecule has 1 aromatic rings. The summed E-state index contributed by atoms with van der Waals surface area (Å²) in [4.78, 5) is 13.9. The SMILES string of the molecule is CC1CCN(C(=O)c2ccc(F)c(C(F)(F)F)c2)C(CN)C1. The molecule has 1 heterocycles. The van der Waals surface area contributed by atoms with Crippen molar-refractivity contribution < 1.29 is 22.4 Å². The summed E-state index contributed by atoms with van der Waals surface area (Å²) in [6.45, 7) is 2.74. The van der Waals surface area contributed by atoms with E-state index >= 15 is 0 Å². The van der Waals surface area contributed by atoms with Gasteiger partial charge < -0.3 is 10.6 Å². The predicted octanol–water partition coefficient (Wildman–Crippen LogP) is 3.04. The Morgan fingerprint density at radius 2 is 2.09 bits per heavy atom. The minimum Gasteiger partial charge on any atom is -0.334 e. The first-order valence-corrected chi connectivity index (χ1v) is 7.11. The zero-order valence-corrected chi connectivity index (χ0v) is 12.2. The van der Waals surface area contributed by atoms with Gasteiger partial charge in [0, 0.05) is 24.7 Å². The van der Waals surface area contributed by atoms with Gasteiger partial charge in [-0.3, -0.25) is 4.79 Å². The van der Waals surface area contributed by atoms with Gasteiger partial charge in [0.2, 0.25) is 0 Å². The standard InChI is InChI=1S/C15H18F4N2O/c1-9-4-5-21(11(6-9)8-20)14(22)10-2-3-13(16)12(7-10)15(17,18)19/h2-3,7,9,11H,4-6,8,20H2,1H3. The molecule has 1 aliphatic heterocycles. The second-order valence-electron chi connectivity index (χ2n) is 5.71. The third kappa shape index (κ3) is 3.40. The van der Waals surface area contributed by atoms with Crippen LogP contribution < -0.4 is 5.73 Å². The van der Waals surface area contributed by atoms with Crippen LogP contribution in [0, 0.1) is 11.7 Å². The third-order valence-electron chi connectivity index (χ3n) is 4.03. The molecule has 1 amide bonds. The number of hydrogen-bond acceptors (Lipinski definition) is 2. The Labute approximate surface area is 126 Å². The summed E-state index contributed by atoms with van der Waals surface area (Å²) in [6, 6.07) is 2.14. The van der Waals surface area contributed by atoms with Gasteiger partial charge in [-0.25, -0.2) is 4.39 Å². The van der Waals surface area contributed by atoms with E-state index in [0.717, 1.165) is 18.9 Å². The summed E-state index contributed by atoms with van der Waals surface area (Å²) < 4.78 is 51.5. The molecule has 2 unspecified atom stereocenters. The lowest BCUT2D eigenvalue weighted by Crippen LogP contribution is -2.49. The van der Waals surface area contributed by atoms with Crippen LogP contribution in [0.25, 0.3) is 0 Å². The Balaban J connectivity index is 2.29. The molecule has 0 spiro atoms. The number of rotatable bonds is 2. The Bertz CT molecular complexity index is 559. The van der Waals surface area contributed by atoms with Crippen molar-refractivity contribution in [1.82, 2.24) is 4.90 Å². The minimum absolute atomic E-state index is 0.165. The first-order chi connectivity index (χ1) is 10.2. The van der Waals surface area contributed by atoms with E-state index in [1.165, 1.54) is 4.90 Å². The third-order valence-corrected chi connectivity index (χ3v) is 4.03. The summed E-state index contributed by atoms with van der Waals surface area (Å²) in [5, 5.41) is 0. The molecule has 0 bridgehead atoms. The predicted molar refractivity (Wildman–Crippen MR) is 73.7 cm³/mol. The molecule has 2 atom stereocenters. The number of amides is 1. The van der Waals surface area contributed by atoms with Crippen molar-refractivity contribution in [2.45, 2.75) is 32.0 Å². The summed E-state index contributed by atoms with van der Waals surface area (Å²) in [5.41, 5.74) is 4.07. The molecule has 7 heteroatoms. The van der Waals surface area contributed by atoms with Gasteiger partial charge in [0.15, 0.2) is 0 Å². The van der Waals surface area contributed by atoms with Crippen molar-refractivity contribution in [1.29, 1.82) is 0 Å². The van der Waals surface area contributed by atoms with E-state index in [4.69, 9.17) is 5.73 Å². The maximum atomic E-state index is 13.3. The van der Waals surface area contributed by atoms with E-state index in [1.54, 1.807) is 0 Å². The monoisotopic (exact) mass is 318 g/mol. The van der Waals surface area contributed by atoms with E-state index in [0.29, 0.717) is 24.6 Å². The van der Waals surface area contributed by atoms with E-state index < -0.39 is 23.5 Å². The molecule has 122 valence electrons. The van der Waals surface area contributed by atoms with Gasteiger partial charge in [0.1, 0.15) is 5.82 Å². The second kappa shape index (κ2) is 6.24. The lowest BCUT2D eigenvalue weighted by molar-refractivity contribution is -0.140. The molecule has 22 heavy (non-hydrogen) atoms. The highest BCUT2D eigenvalue weighted by molar-refractivity contribution is 5.94. The lowest BCUT2D eigenvalue weighted by Gasteiger charge is -2.38. The Morgan fingerprint density at radius 1 is 1.41 bits per heavy atom. The van der Waals surface area contributed by atoms with E-state index in [2.05, 4.69) is 0 Å². The largest absolute Gasteiger partial charge is 0.419 e. The molecule has 0 aromatic heterocycles. The average molecular weight is 318 g/mol. The molecule has 0 saturated carbocycles. The van der Waals surface area contributed by atoms with Gasteiger partial charge in [-0.1, -0.05) is 6.92 Å². The number of halogens is 4. The Hall–Kier alpha value is -1.63. The Morgan fingerprint density at radius 3 is 2.68 bits per heavy atom. The number of hydrogen-bond donors (Lipinski definition) is 1. The van der Waals surface area contributed by atoms with Crippen molar-refractivity contribution in [3.63, 3.8) is 0 Å². The van der Waals surface area contributed by atoms with E-state index in [1.807, 2.05) is 6.92 Å². The zero-order valence-electron chi connectivity index (χ0n) is 12.2. The normalized spacial score (nSPS) is 22.7. The van der Waals surface area contributed by atoms with Crippen LogP contribution >= 0.6 is 0 Å². The van der Waals surface area contributed by atoms with Gasteiger partial charge in [0.25, 0.3) is 5.91 Å². The molecule has 0 radical (unpaired) electrons. The number of benzene rings is 1. The molecule has 1 saturated heterocycles. The molecule has 2 N–H and O–H groups in total. The zero-order chi connectivity index (χ0) is 16.5. The number of carbonyl (C=O) groups is 1. The number of nitrogens with zero attached hydrogens (tertiary/aromatic N) is 1. The topological polar surface area (TPSA) is 46.3 Å². The number of carbonyl (C=O) groups excluding carboxylic acids is 1. The van der Waals surface area contributed by atoms with Crippen molar-refractivity contribution in [3.05, 3.63) is 35.1 Å². The summed E-state index contributed by atoms with van der Waals surface area (Å²) >= 11 is 0. The number of piperidine rings is 1. The van der Waals surface area contributed by atoms with Crippen LogP contribution in [0.3, 0.4) is 0 Å². The van der Waals surface area contributed by atoms with Crippen LogP contribution in [-0.4, -0.2) is 29.9 Å². The first-order valence-electron chi connectivity index (χ1n) is 7.11. The minimum atomic E-state index is -4.83. The van der Waals surface area contributed by atoms with E-state index in [9.17, 15) is 22.4 Å². The van der Waals surface area contributed by atoms with Crippen molar-refractivity contribution >= 4 is 5.91 Å². The highest BCUT2D eigenvalue weighted by atomic mass is 19.4. The van der Waals surface area contributed by atoms with Crippen LogP contribution in [0.1, 0.15) is 35.7 Å². The fourth-order valence-electron chi connectivity index (χ4n) is 2.78. The summed E-state index contributed by atoms with van der Waals surface area (Å²) in [5.74, 6) is -1.50. The smallest absolute Gasteiger partial charge is 0.334 e. The number of likely N-dealkylation sites (tertiary alicyclic amines) is 1. The van der Waals surface area contributed by atoms with Crippen LogP contribution in [0.5, 0.6) is 0 Å². The van der Waals surface area contributed by atoms with Crippen LogP contribution in [-0.2, 0) is 6.18 Å². The fourth-order valence-corrected chi connectivity index (χ4v) is 2.78. The summed E-state index contributed by atoms with van der Waals surface area (Å²) in [7, 11) is 0. The van der Waals surface area contributed by atoms with Crippen LogP contribution in [0.4, 0.5) is 17.6 Å². The van der Waals surface area contributed by atoms with Gasteiger partial charge in [-0.05, 0) is 37.0 Å². The Kier molecular flexibility index (Phi) is 4.75. The molecule has 2 rings (SSSR count). The average Bonchev–Trinajstić information content (AvgIpc) is 2.45. The molecule has 1 aromatic carbocycles. The fraction of sp³-hybridized carbons (Fsp3) is 0.533. The molecule has 0 aliphatic carbocycles. The van der Waals surface area contributed by atoms with Gasteiger partial charge >= 0.3 is 6.18 Å². The van der Waals surface area contributed by atoms with Crippen LogP contribution in [0.2, 0.25) is 0 Å². The molecular formula is C15H18F4N2O. The maximum absolute atomic E-state index is 13.3. The molecule has 1 fully saturated rings. The first kappa shape index (κ1) is 16.7. The second-order valence-corrected chi connectivity index (χ2v) is 5.71. The molecule has 3 nitrogen and oxygen atoms in total. The van der Waals surface area contributed by atoms with Gasteiger partial charge in [-0.2, -0.15) is 13.2 Å². The lowest BCUT2D eigenvalue weighted by atomic mass is 9.91. The molecular weight excluding hydrogens is 300 g/mol. The van der Waals surface area contributed by atoms with Gasteiger partial charge in [0.05, 0.1) is 5.56 Å². The highest BCUT2D eigenvalue weighted by Gasteiger charge is 2.36. The number of nitrogens with two attached hydrogens (primary N) is 1. The quantitative estimate of drug-likeness (QED) is 0.852. The molecule has 1 aliphatic rings. The van der Waals surface area contributed by atoms with Crippen molar-refractivity contribution in [3.8, 4) is 0 Å². The van der Waals surface area contributed by atoms with E-state index in [-0.39, 0.29) is 18.2 Å². The maximum Gasteiger partial charge on any atom is 0.419 e. The van der Waals surface area contributed by atoms with Crippen LogP contribution in [0.15, 0.2) is 18.2 Å². The summed E-state index contributed by atoms with van der Waals surface area (Å²) in [6.07, 6.45) is -3.34.